The maximum absolute atomic E-state index is 12.6. The number of carbonyl (C=O) groups is 1. The minimum absolute atomic E-state index is 0.175. The van der Waals surface area contributed by atoms with Gasteiger partial charge < -0.3 is 5.32 Å². The van der Waals surface area contributed by atoms with E-state index < -0.39 is 29.2 Å². The summed E-state index contributed by atoms with van der Waals surface area (Å²) in [5, 5.41) is 7.21. The average Bonchev–Trinajstić information content (AvgIpc) is 2.67. The van der Waals surface area contributed by atoms with E-state index in [1.807, 2.05) is 0 Å². The van der Waals surface area contributed by atoms with Gasteiger partial charge in [0.2, 0.25) is 5.91 Å². The molecule has 0 saturated carbocycles. The Labute approximate surface area is 168 Å². The van der Waals surface area contributed by atoms with Crippen LogP contribution in [0.3, 0.4) is 0 Å². The molecule has 5 nitrogen and oxygen atoms in total. The van der Waals surface area contributed by atoms with Crippen molar-refractivity contribution in [2.45, 2.75) is 19.1 Å². The molecule has 0 spiro atoms. The van der Waals surface area contributed by atoms with E-state index in [0.717, 1.165) is 28.9 Å². The fourth-order valence-electron chi connectivity index (χ4n) is 2.60. The van der Waals surface area contributed by atoms with Crippen LogP contribution in [0.2, 0.25) is 5.02 Å². The van der Waals surface area contributed by atoms with Crippen LogP contribution in [0.5, 0.6) is 0 Å². The Bertz CT molecular complexity index is 1100. The number of hydrogen-bond acceptors (Lipinski definition) is 3. The quantitative estimate of drug-likeness (QED) is 0.659. The maximum atomic E-state index is 12.6. The fraction of sp³-hybridized carbons (Fsp3) is 0.150. The predicted molar refractivity (Wildman–Crippen MR) is 104 cm³/mol. The molecule has 3 rings (SSSR count). The molecule has 0 radical (unpaired) electrons. The average molecular weight is 422 g/mol. The van der Waals surface area contributed by atoms with Gasteiger partial charge in [0.05, 0.1) is 11.3 Å². The standard InChI is InChI=1S/C20H15ClF3N3O2/c1-12(19(29)25-16-7-5-14(6-8-16)20(22,23)24)27-18(28)10-9-17(26-27)13-3-2-4-15(21)11-13/h2-12H,1H3,(H,25,29). The predicted octanol–water partition coefficient (Wildman–Crippen LogP) is 4.78. The van der Waals surface area contributed by atoms with E-state index in [2.05, 4.69) is 10.4 Å². The molecule has 0 aliphatic carbocycles. The number of alkyl halides is 3. The molecular formula is C20H15ClF3N3O2. The molecule has 0 bridgehead atoms. The molecule has 9 heteroatoms. The number of rotatable bonds is 4. The topological polar surface area (TPSA) is 64.0 Å². The number of carbonyl (C=O) groups excluding carboxylic acids is 1. The lowest BCUT2D eigenvalue weighted by Gasteiger charge is -2.15. The number of aromatic nitrogens is 2. The van der Waals surface area contributed by atoms with E-state index in [0.29, 0.717) is 16.3 Å². The van der Waals surface area contributed by atoms with Crippen molar-refractivity contribution in [1.82, 2.24) is 9.78 Å². The molecule has 1 atom stereocenters. The summed E-state index contributed by atoms with van der Waals surface area (Å²) in [6.07, 6.45) is -4.46. The molecule has 2 aromatic carbocycles. The van der Waals surface area contributed by atoms with Crippen LogP contribution in [0.1, 0.15) is 18.5 Å². The summed E-state index contributed by atoms with van der Waals surface area (Å²) in [5.74, 6) is -0.595. The SMILES string of the molecule is CC(C(=O)Nc1ccc(C(F)(F)F)cc1)n1nc(-c2cccc(Cl)c2)ccc1=O. The van der Waals surface area contributed by atoms with Crippen LogP contribution in [0.25, 0.3) is 11.3 Å². The van der Waals surface area contributed by atoms with Crippen LogP contribution >= 0.6 is 11.6 Å². The molecule has 29 heavy (non-hydrogen) atoms. The molecular weight excluding hydrogens is 407 g/mol. The molecule has 0 aliphatic heterocycles. The molecule has 1 heterocycles. The minimum atomic E-state index is -4.46. The monoisotopic (exact) mass is 421 g/mol. The number of amides is 1. The zero-order valence-electron chi connectivity index (χ0n) is 15.1. The van der Waals surface area contributed by atoms with Gasteiger partial charge in [0.15, 0.2) is 0 Å². The Hall–Kier alpha value is -3.13. The first-order valence-corrected chi connectivity index (χ1v) is 8.87. The van der Waals surface area contributed by atoms with Crippen molar-refractivity contribution in [3.05, 3.63) is 81.6 Å². The highest BCUT2D eigenvalue weighted by Crippen LogP contribution is 2.30. The first-order valence-electron chi connectivity index (χ1n) is 8.49. The largest absolute Gasteiger partial charge is 0.416 e. The molecule has 0 fully saturated rings. The van der Waals surface area contributed by atoms with Crippen LogP contribution in [-0.4, -0.2) is 15.7 Å². The second-order valence-electron chi connectivity index (χ2n) is 6.25. The number of nitrogens with zero attached hydrogens (tertiary/aromatic N) is 2. The van der Waals surface area contributed by atoms with Crippen LogP contribution in [0.4, 0.5) is 18.9 Å². The summed E-state index contributed by atoms with van der Waals surface area (Å²) in [6, 6.07) is 12.7. The number of anilines is 1. The zero-order valence-corrected chi connectivity index (χ0v) is 15.8. The van der Waals surface area contributed by atoms with E-state index in [1.54, 1.807) is 24.3 Å². The highest BCUT2D eigenvalue weighted by atomic mass is 35.5. The summed E-state index contributed by atoms with van der Waals surface area (Å²) in [7, 11) is 0. The third-order valence-electron chi connectivity index (χ3n) is 4.17. The van der Waals surface area contributed by atoms with Crippen molar-refractivity contribution in [2.24, 2.45) is 0 Å². The summed E-state index contributed by atoms with van der Waals surface area (Å²) < 4.78 is 38.9. The number of hydrogen-bond donors (Lipinski definition) is 1. The van der Waals surface area contributed by atoms with Gasteiger partial charge in [-0.05, 0) is 49.4 Å². The van der Waals surface area contributed by atoms with Gasteiger partial charge in [0, 0.05) is 22.3 Å². The van der Waals surface area contributed by atoms with E-state index in [1.165, 1.54) is 19.1 Å². The Balaban J connectivity index is 1.82. The van der Waals surface area contributed by atoms with Gasteiger partial charge in [0.25, 0.3) is 5.56 Å². The molecule has 1 amide bonds. The van der Waals surface area contributed by atoms with Crippen LogP contribution in [0, 0.1) is 0 Å². The smallest absolute Gasteiger partial charge is 0.324 e. The maximum Gasteiger partial charge on any atom is 0.416 e. The van der Waals surface area contributed by atoms with Crippen LogP contribution in [0.15, 0.2) is 65.5 Å². The Morgan fingerprint density at radius 2 is 1.79 bits per heavy atom. The van der Waals surface area contributed by atoms with Crippen LogP contribution in [-0.2, 0) is 11.0 Å². The Morgan fingerprint density at radius 1 is 1.10 bits per heavy atom. The second kappa shape index (κ2) is 8.08. The van der Waals surface area contributed by atoms with E-state index in [4.69, 9.17) is 11.6 Å². The van der Waals surface area contributed by atoms with Crippen molar-refractivity contribution >= 4 is 23.2 Å². The highest BCUT2D eigenvalue weighted by Gasteiger charge is 2.30. The normalized spacial score (nSPS) is 12.4. The lowest BCUT2D eigenvalue weighted by Crippen LogP contribution is -2.33. The van der Waals surface area contributed by atoms with Crippen molar-refractivity contribution < 1.29 is 18.0 Å². The zero-order chi connectivity index (χ0) is 21.2. The van der Waals surface area contributed by atoms with Gasteiger partial charge in [-0.15, -0.1) is 0 Å². The van der Waals surface area contributed by atoms with Crippen molar-refractivity contribution in [2.75, 3.05) is 5.32 Å². The Morgan fingerprint density at radius 3 is 2.41 bits per heavy atom. The van der Waals surface area contributed by atoms with Crippen molar-refractivity contribution in [3.63, 3.8) is 0 Å². The van der Waals surface area contributed by atoms with Crippen molar-refractivity contribution in [1.29, 1.82) is 0 Å². The van der Waals surface area contributed by atoms with E-state index >= 15 is 0 Å². The van der Waals surface area contributed by atoms with Crippen LogP contribution < -0.4 is 10.9 Å². The number of nitrogens with one attached hydrogen (secondary N) is 1. The molecule has 0 aliphatic rings. The van der Waals surface area contributed by atoms with Gasteiger partial charge in [-0.1, -0.05) is 23.7 Å². The third-order valence-corrected chi connectivity index (χ3v) is 4.41. The van der Waals surface area contributed by atoms with E-state index in [-0.39, 0.29) is 5.69 Å². The van der Waals surface area contributed by atoms with Gasteiger partial charge in [-0.2, -0.15) is 18.3 Å². The molecule has 150 valence electrons. The summed E-state index contributed by atoms with van der Waals surface area (Å²) in [5.41, 5.74) is -0.0294. The first kappa shape index (κ1) is 20.6. The van der Waals surface area contributed by atoms with Crippen molar-refractivity contribution in [3.8, 4) is 11.3 Å². The molecule has 1 N–H and O–H groups in total. The minimum Gasteiger partial charge on any atom is -0.324 e. The molecule has 3 aromatic rings. The molecule has 0 saturated heterocycles. The lowest BCUT2D eigenvalue weighted by molar-refractivity contribution is -0.137. The summed E-state index contributed by atoms with van der Waals surface area (Å²) in [6.45, 7) is 1.47. The van der Waals surface area contributed by atoms with Gasteiger partial charge >= 0.3 is 6.18 Å². The van der Waals surface area contributed by atoms with Gasteiger partial charge in [-0.25, -0.2) is 4.68 Å². The second-order valence-corrected chi connectivity index (χ2v) is 6.69. The Kier molecular flexibility index (Phi) is 5.74. The van der Waals surface area contributed by atoms with E-state index in [9.17, 15) is 22.8 Å². The highest BCUT2D eigenvalue weighted by molar-refractivity contribution is 6.30. The third kappa shape index (κ3) is 4.83. The number of benzene rings is 2. The molecule has 1 unspecified atom stereocenters. The summed E-state index contributed by atoms with van der Waals surface area (Å²) >= 11 is 5.98. The number of halogens is 4. The first-order chi connectivity index (χ1) is 13.6. The summed E-state index contributed by atoms with van der Waals surface area (Å²) in [4.78, 5) is 24.7. The fourth-order valence-corrected chi connectivity index (χ4v) is 2.80. The van der Waals surface area contributed by atoms with Gasteiger partial charge in [0.1, 0.15) is 6.04 Å². The lowest BCUT2D eigenvalue weighted by atomic mass is 10.1. The molecule has 1 aromatic heterocycles. The van der Waals surface area contributed by atoms with Gasteiger partial charge in [-0.3, -0.25) is 9.59 Å².